The summed E-state index contributed by atoms with van der Waals surface area (Å²) in [7, 11) is 1.65. The van der Waals surface area contributed by atoms with E-state index in [4.69, 9.17) is 0 Å². The quantitative estimate of drug-likeness (QED) is 0.896. The van der Waals surface area contributed by atoms with Gasteiger partial charge in [-0.05, 0) is 36.8 Å². The number of H-pyrrole nitrogens is 1. The van der Waals surface area contributed by atoms with Gasteiger partial charge in [-0.3, -0.25) is 9.59 Å². The molecule has 0 fully saturated rings. The van der Waals surface area contributed by atoms with E-state index in [-0.39, 0.29) is 23.3 Å². The number of carbonyl (C=O) groups excluding carboxylic acids is 1. The first-order valence-electron chi connectivity index (χ1n) is 6.24. The average Bonchev–Trinajstić information content (AvgIpc) is 2.46. The van der Waals surface area contributed by atoms with Gasteiger partial charge in [-0.2, -0.15) is 0 Å². The molecule has 104 valence electrons. The Hall–Kier alpha value is -2.56. The van der Waals surface area contributed by atoms with E-state index in [0.717, 1.165) is 5.56 Å². The third-order valence-electron chi connectivity index (χ3n) is 3.33. The summed E-state index contributed by atoms with van der Waals surface area (Å²) in [4.78, 5) is 27.9. The lowest BCUT2D eigenvalue weighted by molar-refractivity contribution is 0.0741. The summed E-state index contributed by atoms with van der Waals surface area (Å²) in [5.41, 5.74) is 0.592. The van der Waals surface area contributed by atoms with Crippen molar-refractivity contribution < 1.29 is 9.90 Å². The molecule has 0 saturated carbocycles. The maximum absolute atomic E-state index is 12.3. The van der Waals surface area contributed by atoms with E-state index in [0.29, 0.717) is 0 Å². The third-order valence-corrected chi connectivity index (χ3v) is 3.33. The fraction of sp³-hybridized carbons (Fsp3) is 0.200. The molecule has 1 amide bonds. The number of benzene rings is 1. The molecule has 1 atom stereocenters. The Bertz CT molecular complexity index is 661. The van der Waals surface area contributed by atoms with Crippen LogP contribution in [-0.4, -0.2) is 27.9 Å². The molecule has 0 spiro atoms. The molecule has 0 aliphatic heterocycles. The van der Waals surface area contributed by atoms with Gasteiger partial charge in [0.05, 0.1) is 6.04 Å². The van der Waals surface area contributed by atoms with E-state index in [1.165, 1.54) is 17.2 Å². The van der Waals surface area contributed by atoms with Gasteiger partial charge in [0.2, 0.25) is 0 Å². The van der Waals surface area contributed by atoms with Gasteiger partial charge in [-0.1, -0.05) is 12.1 Å². The number of aromatic amines is 1. The second-order valence-electron chi connectivity index (χ2n) is 4.60. The number of aromatic nitrogens is 1. The second-order valence-corrected chi connectivity index (χ2v) is 4.60. The van der Waals surface area contributed by atoms with Crippen molar-refractivity contribution in [2.24, 2.45) is 0 Å². The number of hydrogen-bond donors (Lipinski definition) is 2. The molecule has 0 bridgehead atoms. The van der Waals surface area contributed by atoms with Crippen LogP contribution in [0.1, 0.15) is 28.9 Å². The van der Waals surface area contributed by atoms with Crippen LogP contribution in [0.3, 0.4) is 0 Å². The maximum atomic E-state index is 12.3. The van der Waals surface area contributed by atoms with Crippen molar-refractivity contribution in [3.63, 3.8) is 0 Å². The Morgan fingerprint density at radius 1 is 1.25 bits per heavy atom. The lowest BCUT2D eigenvalue weighted by atomic mass is 10.1. The molecular formula is C15H16N2O3. The van der Waals surface area contributed by atoms with Crippen molar-refractivity contribution >= 4 is 5.91 Å². The van der Waals surface area contributed by atoms with Crippen molar-refractivity contribution in [2.75, 3.05) is 7.05 Å². The predicted octanol–water partition coefficient (Wildman–Crippen LogP) is 1.91. The average molecular weight is 272 g/mol. The topological polar surface area (TPSA) is 73.4 Å². The highest BCUT2D eigenvalue weighted by Crippen LogP contribution is 2.22. The molecule has 1 unspecified atom stereocenters. The van der Waals surface area contributed by atoms with Crippen LogP contribution in [0.15, 0.2) is 47.4 Å². The smallest absolute Gasteiger partial charge is 0.260 e. The molecular weight excluding hydrogens is 256 g/mol. The molecule has 5 nitrogen and oxygen atoms in total. The molecule has 2 aromatic rings. The fourth-order valence-corrected chi connectivity index (χ4v) is 1.93. The minimum atomic E-state index is -0.401. The molecule has 1 heterocycles. The van der Waals surface area contributed by atoms with E-state index < -0.39 is 5.56 Å². The van der Waals surface area contributed by atoms with Gasteiger partial charge < -0.3 is 15.0 Å². The van der Waals surface area contributed by atoms with E-state index in [9.17, 15) is 14.7 Å². The SMILES string of the molecule is CC(c1ccc(O)cc1)N(C)C(=O)c1ccc[nH]c1=O. The van der Waals surface area contributed by atoms with Crippen molar-refractivity contribution in [1.82, 2.24) is 9.88 Å². The van der Waals surface area contributed by atoms with Crippen molar-refractivity contribution in [3.05, 3.63) is 64.1 Å². The molecule has 1 aromatic heterocycles. The van der Waals surface area contributed by atoms with Crippen LogP contribution >= 0.6 is 0 Å². The van der Waals surface area contributed by atoms with Gasteiger partial charge in [0.25, 0.3) is 11.5 Å². The van der Waals surface area contributed by atoms with E-state index in [1.54, 1.807) is 37.4 Å². The summed E-state index contributed by atoms with van der Waals surface area (Å²) < 4.78 is 0. The first-order chi connectivity index (χ1) is 9.50. The number of nitrogens with one attached hydrogen (secondary N) is 1. The fourth-order valence-electron chi connectivity index (χ4n) is 1.93. The van der Waals surface area contributed by atoms with Crippen LogP contribution in [0.25, 0.3) is 0 Å². The Morgan fingerprint density at radius 3 is 2.50 bits per heavy atom. The summed E-state index contributed by atoms with van der Waals surface area (Å²) >= 11 is 0. The first kappa shape index (κ1) is 13.9. The lowest BCUT2D eigenvalue weighted by Gasteiger charge is -2.25. The number of nitrogens with zero attached hydrogens (tertiary/aromatic N) is 1. The number of pyridine rings is 1. The number of phenols is 1. The van der Waals surface area contributed by atoms with Gasteiger partial charge in [0.15, 0.2) is 0 Å². The summed E-state index contributed by atoms with van der Waals surface area (Å²) in [5.74, 6) is -0.165. The highest BCUT2D eigenvalue weighted by atomic mass is 16.3. The number of aromatic hydroxyl groups is 1. The van der Waals surface area contributed by atoms with E-state index >= 15 is 0 Å². The van der Waals surface area contributed by atoms with E-state index in [2.05, 4.69) is 4.98 Å². The number of phenolic OH excluding ortho intramolecular Hbond substituents is 1. The minimum Gasteiger partial charge on any atom is -0.508 e. The van der Waals surface area contributed by atoms with E-state index in [1.807, 2.05) is 6.92 Å². The first-order valence-corrected chi connectivity index (χ1v) is 6.24. The highest BCUT2D eigenvalue weighted by molar-refractivity contribution is 5.93. The Morgan fingerprint density at radius 2 is 1.90 bits per heavy atom. The second kappa shape index (κ2) is 5.61. The third kappa shape index (κ3) is 2.71. The maximum Gasteiger partial charge on any atom is 0.260 e. The van der Waals surface area contributed by atoms with Gasteiger partial charge in [0.1, 0.15) is 11.3 Å². The van der Waals surface area contributed by atoms with Crippen LogP contribution in [0.2, 0.25) is 0 Å². The van der Waals surface area contributed by atoms with Crippen molar-refractivity contribution in [1.29, 1.82) is 0 Å². The molecule has 0 aliphatic rings. The Labute approximate surface area is 116 Å². The predicted molar refractivity (Wildman–Crippen MR) is 75.7 cm³/mol. The molecule has 1 aromatic carbocycles. The van der Waals surface area contributed by atoms with Crippen LogP contribution in [0, 0.1) is 0 Å². The summed E-state index contributed by atoms with van der Waals surface area (Å²) in [5, 5.41) is 9.27. The normalized spacial score (nSPS) is 11.9. The standard InChI is InChI=1S/C15H16N2O3/c1-10(11-5-7-12(18)8-6-11)17(2)15(20)13-4-3-9-16-14(13)19/h3-10,18H,1-2H3,(H,16,19). The summed E-state index contributed by atoms with van der Waals surface area (Å²) in [6.07, 6.45) is 1.49. The zero-order valence-electron chi connectivity index (χ0n) is 11.3. The number of hydrogen-bond acceptors (Lipinski definition) is 3. The zero-order valence-corrected chi connectivity index (χ0v) is 11.3. The zero-order chi connectivity index (χ0) is 14.7. The molecule has 0 saturated heterocycles. The number of amides is 1. The van der Waals surface area contributed by atoms with Crippen LogP contribution < -0.4 is 5.56 Å². The van der Waals surface area contributed by atoms with Crippen LogP contribution in [-0.2, 0) is 0 Å². The van der Waals surface area contributed by atoms with Crippen LogP contribution in [0.5, 0.6) is 5.75 Å². The largest absolute Gasteiger partial charge is 0.508 e. The van der Waals surface area contributed by atoms with Crippen molar-refractivity contribution in [3.8, 4) is 5.75 Å². The van der Waals surface area contributed by atoms with Gasteiger partial charge in [-0.25, -0.2) is 0 Å². The van der Waals surface area contributed by atoms with Gasteiger partial charge in [-0.15, -0.1) is 0 Å². The molecule has 5 heteroatoms. The van der Waals surface area contributed by atoms with Crippen LogP contribution in [0.4, 0.5) is 0 Å². The number of rotatable bonds is 3. The molecule has 0 aliphatic carbocycles. The molecule has 2 rings (SSSR count). The monoisotopic (exact) mass is 272 g/mol. The number of carbonyl (C=O) groups is 1. The van der Waals surface area contributed by atoms with Gasteiger partial charge >= 0.3 is 0 Å². The lowest BCUT2D eigenvalue weighted by Crippen LogP contribution is -2.33. The minimum absolute atomic E-state index is 0.112. The Balaban J connectivity index is 2.25. The summed E-state index contributed by atoms with van der Waals surface area (Å²) in [6.45, 7) is 1.86. The molecule has 20 heavy (non-hydrogen) atoms. The molecule has 0 radical (unpaired) electrons. The summed E-state index contributed by atoms with van der Waals surface area (Å²) in [6, 6.07) is 9.55. The van der Waals surface area contributed by atoms with Crippen molar-refractivity contribution in [2.45, 2.75) is 13.0 Å². The van der Waals surface area contributed by atoms with Gasteiger partial charge in [0, 0.05) is 13.2 Å². The highest BCUT2D eigenvalue weighted by Gasteiger charge is 2.20. The molecule has 2 N–H and O–H groups in total. The Kier molecular flexibility index (Phi) is 3.89.